The highest BCUT2D eigenvalue weighted by Crippen LogP contribution is 2.23. The zero-order valence-electron chi connectivity index (χ0n) is 9.73. The van der Waals surface area contributed by atoms with Crippen molar-refractivity contribution in [3.05, 3.63) is 36.0 Å². The molecule has 0 spiro atoms. The Labute approximate surface area is 101 Å². The number of nitrogens with zero attached hydrogens (tertiary/aromatic N) is 1. The number of anilines is 1. The number of hydrogen-bond donors (Lipinski definition) is 1. The molecule has 3 heteroatoms. The minimum atomic E-state index is 0.575. The molecule has 0 radical (unpaired) electrons. The Morgan fingerprint density at radius 3 is 3.06 bits per heavy atom. The van der Waals surface area contributed by atoms with Crippen LogP contribution in [-0.4, -0.2) is 18.2 Å². The van der Waals surface area contributed by atoms with Gasteiger partial charge in [-0.15, -0.1) is 0 Å². The van der Waals surface area contributed by atoms with Crippen molar-refractivity contribution in [1.29, 1.82) is 0 Å². The summed E-state index contributed by atoms with van der Waals surface area (Å²) in [5.41, 5.74) is 8.90. The first-order valence-electron chi connectivity index (χ1n) is 6.05. The number of benzene rings is 1. The Morgan fingerprint density at radius 1 is 1.35 bits per heavy atom. The summed E-state index contributed by atoms with van der Waals surface area (Å²) >= 11 is 0. The van der Waals surface area contributed by atoms with Crippen LogP contribution in [0.5, 0.6) is 0 Å². The van der Waals surface area contributed by atoms with Gasteiger partial charge < -0.3 is 10.5 Å². The fourth-order valence-corrected chi connectivity index (χ4v) is 2.35. The van der Waals surface area contributed by atoms with Crippen LogP contribution >= 0.6 is 0 Å². The van der Waals surface area contributed by atoms with Crippen molar-refractivity contribution in [3.63, 3.8) is 0 Å². The summed E-state index contributed by atoms with van der Waals surface area (Å²) in [6, 6.07) is 10.1. The molecule has 2 heterocycles. The molecule has 1 atom stereocenters. The van der Waals surface area contributed by atoms with E-state index in [9.17, 15) is 0 Å². The Bertz CT molecular complexity index is 533. The van der Waals surface area contributed by atoms with E-state index in [1.165, 1.54) is 0 Å². The molecule has 2 aromatic rings. The molecule has 0 saturated carbocycles. The monoisotopic (exact) mass is 228 g/mol. The van der Waals surface area contributed by atoms with Crippen molar-refractivity contribution in [2.45, 2.75) is 12.8 Å². The van der Waals surface area contributed by atoms with Gasteiger partial charge in [0, 0.05) is 18.6 Å². The molecule has 1 fully saturated rings. The Kier molecular flexibility index (Phi) is 2.69. The van der Waals surface area contributed by atoms with E-state index in [1.54, 1.807) is 0 Å². The first-order valence-corrected chi connectivity index (χ1v) is 6.05. The minimum absolute atomic E-state index is 0.575. The highest BCUT2D eigenvalue weighted by atomic mass is 16.5. The summed E-state index contributed by atoms with van der Waals surface area (Å²) < 4.78 is 5.39. The number of nitrogen functional groups attached to an aromatic ring is 1. The van der Waals surface area contributed by atoms with Crippen molar-refractivity contribution in [2.24, 2.45) is 5.92 Å². The van der Waals surface area contributed by atoms with E-state index in [0.717, 1.165) is 48.3 Å². The number of aromatic nitrogens is 1. The molecule has 1 aromatic heterocycles. The van der Waals surface area contributed by atoms with Crippen molar-refractivity contribution in [1.82, 2.24) is 4.98 Å². The number of para-hydroxylation sites is 1. The molecule has 1 aliphatic rings. The Balaban J connectivity index is 1.95. The Morgan fingerprint density at radius 2 is 2.24 bits per heavy atom. The molecule has 88 valence electrons. The summed E-state index contributed by atoms with van der Waals surface area (Å²) in [4.78, 5) is 4.66. The molecule has 1 aliphatic heterocycles. The standard InChI is InChI=1S/C14H16N2O/c15-12-8-11-3-1-2-4-13(11)16-14(12)7-10-5-6-17-9-10/h1-4,8,10H,5-7,9,15H2. The van der Waals surface area contributed by atoms with Crippen LogP contribution in [0.4, 0.5) is 5.69 Å². The van der Waals surface area contributed by atoms with Gasteiger partial charge in [-0.25, -0.2) is 0 Å². The van der Waals surface area contributed by atoms with Gasteiger partial charge >= 0.3 is 0 Å². The van der Waals surface area contributed by atoms with E-state index in [1.807, 2.05) is 30.3 Å². The smallest absolute Gasteiger partial charge is 0.0706 e. The van der Waals surface area contributed by atoms with Crippen LogP contribution in [-0.2, 0) is 11.2 Å². The van der Waals surface area contributed by atoms with Gasteiger partial charge in [0.2, 0.25) is 0 Å². The lowest BCUT2D eigenvalue weighted by Crippen LogP contribution is -2.08. The third-order valence-electron chi connectivity index (χ3n) is 3.34. The molecule has 0 aliphatic carbocycles. The predicted molar refractivity (Wildman–Crippen MR) is 68.8 cm³/mol. The van der Waals surface area contributed by atoms with E-state index in [0.29, 0.717) is 5.92 Å². The lowest BCUT2D eigenvalue weighted by atomic mass is 10.0. The molecule has 2 N–H and O–H groups in total. The summed E-state index contributed by atoms with van der Waals surface area (Å²) in [5, 5.41) is 1.11. The van der Waals surface area contributed by atoms with Crippen molar-refractivity contribution in [2.75, 3.05) is 18.9 Å². The normalized spacial score (nSPS) is 19.9. The summed E-state index contributed by atoms with van der Waals surface area (Å²) in [5.74, 6) is 0.575. The third kappa shape index (κ3) is 2.11. The summed E-state index contributed by atoms with van der Waals surface area (Å²) in [6.45, 7) is 1.71. The predicted octanol–water partition coefficient (Wildman–Crippen LogP) is 2.40. The molecule has 1 aromatic carbocycles. The molecule has 17 heavy (non-hydrogen) atoms. The van der Waals surface area contributed by atoms with Gasteiger partial charge in [0.15, 0.2) is 0 Å². The molecule has 3 nitrogen and oxygen atoms in total. The first kappa shape index (κ1) is 10.5. The quantitative estimate of drug-likeness (QED) is 0.858. The molecule has 3 rings (SSSR count). The van der Waals surface area contributed by atoms with Crippen LogP contribution in [0.2, 0.25) is 0 Å². The number of pyridine rings is 1. The first-order chi connectivity index (χ1) is 8.33. The largest absolute Gasteiger partial charge is 0.397 e. The number of fused-ring (bicyclic) bond motifs is 1. The molecule has 1 unspecified atom stereocenters. The molecular formula is C14H16N2O. The minimum Gasteiger partial charge on any atom is -0.397 e. The summed E-state index contributed by atoms with van der Waals surface area (Å²) in [7, 11) is 0. The molecule has 1 saturated heterocycles. The van der Waals surface area contributed by atoms with Crippen LogP contribution in [0, 0.1) is 5.92 Å². The maximum absolute atomic E-state index is 6.06. The second-order valence-corrected chi connectivity index (χ2v) is 4.65. The van der Waals surface area contributed by atoms with Gasteiger partial charge in [-0.3, -0.25) is 4.98 Å². The van der Waals surface area contributed by atoms with E-state index < -0.39 is 0 Å². The Hall–Kier alpha value is -1.61. The maximum Gasteiger partial charge on any atom is 0.0706 e. The van der Waals surface area contributed by atoms with Crippen LogP contribution in [0.3, 0.4) is 0 Å². The van der Waals surface area contributed by atoms with Gasteiger partial charge in [0.05, 0.1) is 16.9 Å². The fourth-order valence-electron chi connectivity index (χ4n) is 2.35. The number of rotatable bonds is 2. The number of hydrogen-bond acceptors (Lipinski definition) is 3. The van der Waals surface area contributed by atoms with Gasteiger partial charge in [0.25, 0.3) is 0 Å². The molecule has 0 bridgehead atoms. The third-order valence-corrected chi connectivity index (χ3v) is 3.34. The van der Waals surface area contributed by atoms with Gasteiger partial charge in [-0.2, -0.15) is 0 Å². The van der Waals surface area contributed by atoms with Crippen molar-refractivity contribution >= 4 is 16.6 Å². The lowest BCUT2D eigenvalue weighted by Gasteiger charge is -2.10. The average Bonchev–Trinajstić information content (AvgIpc) is 2.83. The van der Waals surface area contributed by atoms with Crippen molar-refractivity contribution < 1.29 is 4.74 Å². The second kappa shape index (κ2) is 4.34. The SMILES string of the molecule is Nc1cc2ccccc2nc1CC1CCOC1. The molecule has 0 amide bonds. The highest BCUT2D eigenvalue weighted by Gasteiger charge is 2.18. The highest BCUT2D eigenvalue weighted by molar-refractivity contribution is 5.82. The number of nitrogens with two attached hydrogens (primary N) is 1. The van der Waals surface area contributed by atoms with Gasteiger partial charge in [-0.05, 0) is 30.9 Å². The van der Waals surface area contributed by atoms with Gasteiger partial charge in [-0.1, -0.05) is 18.2 Å². The van der Waals surface area contributed by atoms with E-state index in [4.69, 9.17) is 10.5 Å². The van der Waals surface area contributed by atoms with E-state index >= 15 is 0 Å². The second-order valence-electron chi connectivity index (χ2n) is 4.65. The molecular weight excluding hydrogens is 212 g/mol. The van der Waals surface area contributed by atoms with Crippen LogP contribution < -0.4 is 5.73 Å². The van der Waals surface area contributed by atoms with E-state index in [-0.39, 0.29) is 0 Å². The lowest BCUT2D eigenvalue weighted by molar-refractivity contribution is 0.185. The van der Waals surface area contributed by atoms with Crippen LogP contribution in [0.15, 0.2) is 30.3 Å². The number of ether oxygens (including phenoxy) is 1. The van der Waals surface area contributed by atoms with Crippen LogP contribution in [0.1, 0.15) is 12.1 Å². The van der Waals surface area contributed by atoms with Gasteiger partial charge in [0.1, 0.15) is 0 Å². The van der Waals surface area contributed by atoms with Crippen molar-refractivity contribution in [3.8, 4) is 0 Å². The fraction of sp³-hybridized carbons (Fsp3) is 0.357. The average molecular weight is 228 g/mol. The zero-order chi connectivity index (χ0) is 11.7. The summed E-state index contributed by atoms with van der Waals surface area (Å²) in [6.07, 6.45) is 2.05. The topological polar surface area (TPSA) is 48.1 Å². The maximum atomic E-state index is 6.06. The van der Waals surface area contributed by atoms with E-state index in [2.05, 4.69) is 4.98 Å². The van der Waals surface area contributed by atoms with Crippen LogP contribution in [0.25, 0.3) is 10.9 Å². The zero-order valence-corrected chi connectivity index (χ0v) is 9.73.